The Morgan fingerprint density at radius 3 is 2.62 bits per heavy atom. The quantitative estimate of drug-likeness (QED) is 0.472. The zero-order chi connectivity index (χ0) is 9.69. The summed E-state index contributed by atoms with van der Waals surface area (Å²) >= 11 is 0. The summed E-state index contributed by atoms with van der Waals surface area (Å²) in [6.45, 7) is 7.71. The van der Waals surface area contributed by atoms with E-state index in [1.54, 1.807) is 6.08 Å². The highest BCUT2D eigenvalue weighted by Crippen LogP contribution is 2.73. The summed E-state index contributed by atoms with van der Waals surface area (Å²) in [5.41, 5.74) is 0.897. The van der Waals surface area contributed by atoms with Crippen molar-refractivity contribution < 1.29 is 4.79 Å². The predicted molar refractivity (Wildman–Crippen MR) is 51.1 cm³/mol. The van der Waals surface area contributed by atoms with Gasteiger partial charge in [0.25, 0.3) is 0 Å². The molecule has 2 nitrogen and oxygen atoms in total. The van der Waals surface area contributed by atoms with E-state index in [1.807, 2.05) is 0 Å². The fraction of sp³-hybridized carbons (Fsp3) is 0.909. The molecule has 2 aliphatic rings. The van der Waals surface area contributed by atoms with Crippen LogP contribution in [0.3, 0.4) is 0 Å². The molecule has 72 valence electrons. The molecule has 2 rings (SSSR count). The van der Waals surface area contributed by atoms with Gasteiger partial charge in [0.1, 0.15) is 0 Å². The Morgan fingerprint density at radius 2 is 2.15 bits per heavy atom. The van der Waals surface area contributed by atoms with Crippen LogP contribution < -0.4 is 0 Å². The summed E-state index contributed by atoms with van der Waals surface area (Å²) in [6, 6.07) is 0. The van der Waals surface area contributed by atoms with E-state index in [0.29, 0.717) is 23.3 Å². The van der Waals surface area contributed by atoms with Crippen LogP contribution in [0, 0.1) is 22.7 Å². The number of fused-ring (bicyclic) bond motifs is 1. The van der Waals surface area contributed by atoms with E-state index in [2.05, 4.69) is 25.8 Å². The van der Waals surface area contributed by atoms with Crippen LogP contribution in [0.25, 0.3) is 0 Å². The van der Waals surface area contributed by atoms with Gasteiger partial charge in [-0.25, -0.2) is 9.79 Å². The van der Waals surface area contributed by atoms with E-state index < -0.39 is 0 Å². The second kappa shape index (κ2) is 2.45. The van der Waals surface area contributed by atoms with Crippen molar-refractivity contribution in [1.82, 2.24) is 0 Å². The molecule has 0 bridgehead atoms. The smallest absolute Gasteiger partial charge is 0.211 e. The molecule has 2 heteroatoms. The number of rotatable bonds is 2. The molecule has 2 fully saturated rings. The summed E-state index contributed by atoms with van der Waals surface area (Å²) in [6.07, 6.45) is 4.28. The van der Waals surface area contributed by atoms with Crippen LogP contribution in [0.1, 0.15) is 33.6 Å². The topological polar surface area (TPSA) is 29.4 Å². The predicted octanol–water partition coefficient (Wildman–Crippen LogP) is 2.39. The van der Waals surface area contributed by atoms with Gasteiger partial charge in [0.15, 0.2) is 0 Å². The van der Waals surface area contributed by atoms with Crippen molar-refractivity contribution in [3.8, 4) is 0 Å². The Kier molecular flexibility index (Phi) is 1.69. The summed E-state index contributed by atoms with van der Waals surface area (Å²) in [4.78, 5) is 13.8. The summed E-state index contributed by atoms with van der Waals surface area (Å²) in [5, 5.41) is 0. The molecule has 0 N–H and O–H groups in total. The SMILES string of the molecule is CC1(C)C(CN=C=O)CC2CC21C. The molecule has 0 saturated heterocycles. The van der Waals surface area contributed by atoms with Crippen LogP contribution in [0.4, 0.5) is 0 Å². The first-order chi connectivity index (χ1) is 6.02. The van der Waals surface area contributed by atoms with Gasteiger partial charge in [-0.05, 0) is 35.5 Å². The lowest BCUT2D eigenvalue weighted by molar-refractivity contribution is 0.154. The van der Waals surface area contributed by atoms with Crippen molar-refractivity contribution in [1.29, 1.82) is 0 Å². The molecule has 2 saturated carbocycles. The van der Waals surface area contributed by atoms with Crippen LogP contribution >= 0.6 is 0 Å². The molecule has 3 unspecified atom stereocenters. The number of hydrogen-bond acceptors (Lipinski definition) is 2. The normalized spacial score (nSPS) is 45.2. The molecule has 0 aromatic heterocycles. The first kappa shape index (κ1) is 8.96. The van der Waals surface area contributed by atoms with Crippen LogP contribution in [-0.4, -0.2) is 12.6 Å². The molecule has 0 aliphatic heterocycles. The fourth-order valence-electron chi connectivity index (χ4n) is 3.14. The molecule has 2 aliphatic carbocycles. The van der Waals surface area contributed by atoms with Crippen LogP contribution in [-0.2, 0) is 4.79 Å². The van der Waals surface area contributed by atoms with Crippen molar-refractivity contribution in [2.45, 2.75) is 33.6 Å². The van der Waals surface area contributed by atoms with E-state index in [1.165, 1.54) is 12.8 Å². The number of aliphatic imine (C=N–C) groups is 1. The Bertz CT molecular complexity index is 278. The van der Waals surface area contributed by atoms with Gasteiger partial charge in [0, 0.05) is 0 Å². The Balaban J connectivity index is 2.13. The van der Waals surface area contributed by atoms with Crippen molar-refractivity contribution >= 4 is 6.08 Å². The third-order valence-corrected chi connectivity index (χ3v) is 4.85. The van der Waals surface area contributed by atoms with Gasteiger partial charge in [-0.2, -0.15) is 0 Å². The lowest BCUT2D eigenvalue weighted by atomic mass is 9.71. The highest BCUT2D eigenvalue weighted by Gasteiger charge is 2.66. The number of isocyanates is 1. The molecule has 0 aromatic carbocycles. The highest BCUT2D eigenvalue weighted by molar-refractivity contribution is 5.33. The second-order valence-corrected chi connectivity index (χ2v) is 5.40. The van der Waals surface area contributed by atoms with Gasteiger partial charge in [-0.3, -0.25) is 0 Å². The van der Waals surface area contributed by atoms with E-state index in [9.17, 15) is 4.79 Å². The third-order valence-electron chi connectivity index (χ3n) is 4.85. The first-order valence-corrected chi connectivity index (χ1v) is 5.06. The molecule has 0 radical (unpaired) electrons. The average molecular weight is 179 g/mol. The van der Waals surface area contributed by atoms with Gasteiger partial charge < -0.3 is 0 Å². The minimum Gasteiger partial charge on any atom is -0.211 e. The molecule has 0 aromatic rings. The molecule has 0 spiro atoms. The molecule has 0 heterocycles. The number of carbonyl (C=O) groups excluding carboxylic acids is 1. The van der Waals surface area contributed by atoms with Gasteiger partial charge >= 0.3 is 0 Å². The lowest BCUT2D eigenvalue weighted by Gasteiger charge is -2.34. The fourth-order valence-corrected chi connectivity index (χ4v) is 3.14. The molecule has 3 atom stereocenters. The summed E-state index contributed by atoms with van der Waals surface area (Å²) in [5.74, 6) is 1.49. The third kappa shape index (κ3) is 1.02. The monoisotopic (exact) mass is 179 g/mol. The van der Waals surface area contributed by atoms with Crippen molar-refractivity contribution in [2.24, 2.45) is 27.7 Å². The maximum atomic E-state index is 10.1. The molecule has 13 heavy (non-hydrogen) atoms. The van der Waals surface area contributed by atoms with Crippen LogP contribution in [0.15, 0.2) is 4.99 Å². The van der Waals surface area contributed by atoms with E-state index in [0.717, 1.165) is 5.92 Å². The molecular formula is C11H17NO. The van der Waals surface area contributed by atoms with Gasteiger partial charge in [-0.1, -0.05) is 20.8 Å². The summed E-state index contributed by atoms with van der Waals surface area (Å²) < 4.78 is 0. The van der Waals surface area contributed by atoms with Gasteiger partial charge in [0.05, 0.1) is 6.54 Å². The first-order valence-electron chi connectivity index (χ1n) is 5.06. The largest absolute Gasteiger partial charge is 0.234 e. The van der Waals surface area contributed by atoms with Crippen molar-refractivity contribution in [2.75, 3.05) is 6.54 Å². The van der Waals surface area contributed by atoms with Gasteiger partial charge in [-0.15, -0.1) is 0 Å². The Morgan fingerprint density at radius 1 is 1.46 bits per heavy atom. The Hall–Kier alpha value is -0.620. The van der Waals surface area contributed by atoms with Crippen molar-refractivity contribution in [3.63, 3.8) is 0 Å². The van der Waals surface area contributed by atoms with Crippen molar-refractivity contribution in [3.05, 3.63) is 0 Å². The summed E-state index contributed by atoms with van der Waals surface area (Å²) in [7, 11) is 0. The maximum absolute atomic E-state index is 10.1. The van der Waals surface area contributed by atoms with Crippen LogP contribution in [0.5, 0.6) is 0 Å². The van der Waals surface area contributed by atoms with Crippen LogP contribution in [0.2, 0.25) is 0 Å². The van der Waals surface area contributed by atoms with E-state index >= 15 is 0 Å². The van der Waals surface area contributed by atoms with E-state index in [4.69, 9.17) is 0 Å². The standard InChI is InChI=1S/C11H17NO/c1-10(2)9(6-12-7-13)4-8-5-11(8,10)3/h8-9H,4-6H2,1-3H3. The minimum atomic E-state index is 0.359. The number of hydrogen-bond donors (Lipinski definition) is 0. The number of nitrogens with zero attached hydrogens (tertiary/aromatic N) is 1. The second-order valence-electron chi connectivity index (χ2n) is 5.40. The highest BCUT2D eigenvalue weighted by atomic mass is 16.1. The maximum Gasteiger partial charge on any atom is 0.234 e. The zero-order valence-electron chi connectivity index (χ0n) is 8.63. The van der Waals surface area contributed by atoms with Gasteiger partial charge in [0.2, 0.25) is 6.08 Å². The van der Waals surface area contributed by atoms with E-state index in [-0.39, 0.29) is 0 Å². The lowest BCUT2D eigenvalue weighted by Crippen LogP contribution is -2.29. The average Bonchev–Trinajstić information content (AvgIpc) is 2.67. The minimum absolute atomic E-state index is 0.359. The molecular weight excluding hydrogens is 162 g/mol. The zero-order valence-corrected chi connectivity index (χ0v) is 8.63. The molecule has 0 amide bonds. The Labute approximate surface area is 79.4 Å².